The van der Waals surface area contributed by atoms with Gasteiger partial charge in [-0.1, -0.05) is 0 Å². The number of nitrogens with one attached hydrogen (secondary N) is 1. The summed E-state index contributed by atoms with van der Waals surface area (Å²) in [4.78, 5) is 20.1. The Hall–Kier alpha value is -2.48. The van der Waals surface area contributed by atoms with E-state index in [1.807, 2.05) is 7.05 Å². The number of aryl methyl sites for hydroxylation is 1. The van der Waals surface area contributed by atoms with Crippen LogP contribution in [-0.4, -0.2) is 45.8 Å². The fourth-order valence-electron chi connectivity index (χ4n) is 2.50. The number of piperidine rings is 1. The molecular weight excluding hydrogens is 301 g/mol. The van der Waals surface area contributed by atoms with Crippen molar-refractivity contribution in [3.63, 3.8) is 0 Å². The number of alkyl halides is 1. The van der Waals surface area contributed by atoms with Crippen LogP contribution < -0.4 is 15.8 Å². The molecule has 1 amide bonds. The summed E-state index contributed by atoms with van der Waals surface area (Å²) in [5.41, 5.74) is 6.85. The summed E-state index contributed by atoms with van der Waals surface area (Å²) in [6, 6.07) is 1.57. The maximum Gasteiger partial charge on any atom is 0.254 e. The fraction of sp³-hybridized carbons (Fsp3) is 0.400. The van der Waals surface area contributed by atoms with Crippen LogP contribution in [-0.2, 0) is 7.05 Å². The van der Waals surface area contributed by atoms with Gasteiger partial charge in [-0.2, -0.15) is 0 Å². The molecular formula is C15H18FN5O2. The quantitative estimate of drug-likeness (QED) is 0.863. The summed E-state index contributed by atoms with van der Waals surface area (Å²) in [7, 11) is 1.84. The van der Waals surface area contributed by atoms with Crippen LogP contribution in [0.15, 0.2) is 24.8 Å². The van der Waals surface area contributed by atoms with E-state index >= 15 is 0 Å². The van der Waals surface area contributed by atoms with Crippen LogP contribution in [0.25, 0.3) is 11.3 Å². The van der Waals surface area contributed by atoms with Gasteiger partial charge in [-0.25, -0.2) is 14.4 Å². The Morgan fingerprint density at radius 2 is 2.35 bits per heavy atom. The molecule has 0 saturated carbocycles. The minimum absolute atomic E-state index is 0.0618. The zero-order valence-electron chi connectivity index (χ0n) is 12.7. The van der Waals surface area contributed by atoms with Crippen molar-refractivity contribution in [3.05, 3.63) is 30.4 Å². The van der Waals surface area contributed by atoms with Crippen LogP contribution in [0.4, 0.5) is 4.39 Å². The summed E-state index contributed by atoms with van der Waals surface area (Å²) in [6.07, 6.45) is 3.70. The van der Waals surface area contributed by atoms with Crippen molar-refractivity contribution in [2.75, 3.05) is 13.1 Å². The number of pyridine rings is 1. The summed E-state index contributed by atoms with van der Waals surface area (Å²) in [5.74, 6) is -0.610. The third-order valence-electron chi connectivity index (χ3n) is 3.73. The highest BCUT2D eigenvalue weighted by Gasteiger charge is 2.28. The number of rotatable bonds is 4. The summed E-state index contributed by atoms with van der Waals surface area (Å²) in [5, 5.41) is 2.94. The molecule has 3 heterocycles. The van der Waals surface area contributed by atoms with Crippen molar-refractivity contribution in [1.82, 2.24) is 19.9 Å². The van der Waals surface area contributed by atoms with Crippen LogP contribution >= 0.6 is 0 Å². The molecule has 8 heteroatoms. The number of imidazole rings is 1. The first-order chi connectivity index (χ1) is 11.0. The molecule has 0 aliphatic carbocycles. The summed E-state index contributed by atoms with van der Waals surface area (Å²) < 4.78 is 21.3. The van der Waals surface area contributed by atoms with Gasteiger partial charge in [0.1, 0.15) is 17.8 Å². The Bertz CT molecular complexity index is 718. The Kier molecular flexibility index (Phi) is 4.24. The van der Waals surface area contributed by atoms with Crippen molar-refractivity contribution in [2.24, 2.45) is 12.8 Å². The van der Waals surface area contributed by atoms with Crippen LogP contribution in [0.1, 0.15) is 16.8 Å². The lowest BCUT2D eigenvalue weighted by atomic mass is 10.1. The zero-order chi connectivity index (χ0) is 16.4. The topological polar surface area (TPSA) is 95.1 Å². The maximum atomic E-state index is 13.9. The first-order valence-corrected chi connectivity index (χ1v) is 7.34. The number of amides is 1. The van der Waals surface area contributed by atoms with E-state index in [2.05, 4.69) is 15.3 Å². The Morgan fingerprint density at radius 3 is 3.00 bits per heavy atom. The smallest absolute Gasteiger partial charge is 0.254 e. The molecule has 122 valence electrons. The number of halogens is 1. The number of carbonyl (C=O) groups excluding carboxylic acids is 1. The number of aromatic nitrogens is 3. The van der Waals surface area contributed by atoms with Gasteiger partial charge < -0.3 is 20.4 Å². The molecule has 1 aliphatic heterocycles. The van der Waals surface area contributed by atoms with E-state index in [1.165, 1.54) is 0 Å². The van der Waals surface area contributed by atoms with Gasteiger partial charge in [0.05, 0.1) is 12.0 Å². The third-order valence-corrected chi connectivity index (χ3v) is 3.73. The molecule has 23 heavy (non-hydrogen) atoms. The van der Waals surface area contributed by atoms with Crippen molar-refractivity contribution in [3.8, 4) is 17.1 Å². The molecule has 2 unspecified atom stereocenters. The van der Waals surface area contributed by atoms with Crippen molar-refractivity contribution >= 4 is 5.91 Å². The zero-order valence-corrected chi connectivity index (χ0v) is 12.7. The normalized spacial score (nSPS) is 21.1. The molecule has 7 nitrogen and oxygen atoms in total. The first-order valence-electron chi connectivity index (χ1n) is 7.34. The fourth-order valence-corrected chi connectivity index (χ4v) is 2.50. The lowest BCUT2D eigenvalue weighted by Gasteiger charge is -2.27. The second-order valence-corrected chi connectivity index (χ2v) is 5.53. The number of hydrogen-bond donors (Lipinski definition) is 2. The molecule has 3 rings (SSSR count). The minimum atomic E-state index is -1.15. The first kappa shape index (κ1) is 15.4. The predicted octanol–water partition coefficient (Wildman–Crippen LogP) is 0.660. The predicted molar refractivity (Wildman–Crippen MR) is 81.8 cm³/mol. The van der Waals surface area contributed by atoms with Gasteiger partial charge in [-0.15, -0.1) is 0 Å². The Labute approximate surface area is 132 Å². The molecule has 0 bridgehead atoms. The number of nitrogens with zero attached hydrogens (tertiary/aromatic N) is 3. The van der Waals surface area contributed by atoms with Gasteiger partial charge in [0, 0.05) is 31.5 Å². The largest absolute Gasteiger partial charge is 0.471 e. The number of ether oxygens (including phenoxy) is 1. The standard InChI is InChI=1S/C15H18FN5O2/c1-21-7-12(20-8-21)9-4-10(14(17)22)15(19-5-9)23-13-2-3-18-6-11(13)16/h4-5,7-8,11,13,18H,2-3,6H2,1H3,(H2,17,22). The number of primary amides is 1. The lowest BCUT2D eigenvalue weighted by molar-refractivity contribution is 0.0676. The van der Waals surface area contributed by atoms with Crippen molar-refractivity contribution < 1.29 is 13.9 Å². The van der Waals surface area contributed by atoms with Crippen LogP contribution in [0.2, 0.25) is 0 Å². The van der Waals surface area contributed by atoms with Gasteiger partial charge in [0.2, 0.25) is 5.88 Å². The highest BCUT2D eigenvalue weighted by molar-refractivity contribution is 5.96. The van der Waals surface area contributed by atoms with Gasteiger partial charge in [0.25, 0.3) is 5.91 Å². The van der Waals surface area contributed by atoms with E-state index in [0.717, 1.165) is 0 Å². The SMILES string of the molecule is Cn1cnc(-c2cnc(OC3CCNCC3F)c(C(N)=O)c2)c1. The minimum Gasteiger partial charge on any atom is -0.471 e. The Balaban J connectivity index is 1.89. The third kappa shape index (κ3) is 3.31. The molecule has 0 radical (unpaired) electrons. The summed E-state index contributed by atoms with van der Waals surface area (Å²) in [6.45, 7) is 0.881. The van der Waals surface area contributed by atoms with Gasteiger partial charge in [-0.3, -0.25) is 4.79 Å². The molecule has 1 fully saturated rings. The van der Waals surface area contributed by atoms with E-state index in [9.17, 15) is 9.18 Å². The molecule has 3 N–H and O–H groups in total. The number of hydrogen-bond acceptors (Lipinski definition) is 5. The second-order valence-electron chi connectivity index (χ2n) is 5.53. The molecule has 1 saturated heterocycles. The molecule has 0 aromatic carbocycles. The maximum absolute atomic E-state index is 13.9. The van der Waals surface area contributed by atoms with Crippen LogP contribution in [0, 0.1) is 0 Å². The Morgan fingerprint density at radius 1 is 1.52 bits per heavy atom. The van der Waals surface area contributed by atoms with E-state index in [-0.39, 0.29) is 18.0 Å². The summed E-state index contributed by atoms with van der Waals surface area (Å²) >= 11 is 0. The van der Waals surface area contributed by atoms with Gasteiger partial charge in [0.15, 0.2) is 0 Å². The highest BCUT2D eigenvalue weighted by Crippen LogP contribution is 2.25. The van der Waals surface area contributed by atoms with E-state index in [1.54, 1.807) is 29.4 Å². The van der Waals surface area contributed by atoms with Crippen LogP contribution in [0.3, 0.4) is 0 Å². The van der Waals surface area contributed by atoms with Crippen molar-refractivity contribution in [1.29, 1.82) is 0 Å². The molecule has 2 aromatic rings. The molecule has 2 aromatic heterocycles. The lowest BCUT2D eigenvalue weighted by Crippen LogP contribution is -2.44. The van der Waals surface area contributed by atoms with E-state index < -0.39 is 18.2 Å². The molecule has 2 atom stereocenters. The molecule has 0 spiro atoms. The van der Waals surface area contributed by atoms with Gasteiger partial charge >= 0.3 is 0 Å². The van der Waals surface area contributed by atoms with Crippen molar-refractivity contribution in [2.45, 2.75) is 18.7 Å². The number of nitrogens with two attached hydrogens (primary N) is 1. The molecule has 1 aliphatic rings. The highest BCUT2D eigenvalue weighted by atomic mass is 19.1. The van der Waals surface area contributed by atoms with Crippen LogP contribution in [0.5, 0.6) is 5.88 Å². The second kappa shape index (κ2) is 6.33. The average Bonchev–Trinajstić information content (AvgIpc) is 2.96. The monoisotopic (exact) mass is 319 g/mol. The number of carbonyl (C=O) groups is 1. The van der Waals surface area contributed by atoms with E-state index in [0.29, 0.717) is 24.2 Å². The average molecular weight is 319 g/mol. The van der Waals surface area contributed by atoms with Gasteiger partial charge in [-0.05, 0) is 19.0 Å². The van der Waals surface area contributed by atoms with E-state index in [4.69, 9.17) is 10.5 Å².